The Kier molecular flexibility index (Phi) is 5.92. The summed E-state index contributed by atoms with van der Waals surface area (Å²) in [6.45, 7) is 7.79. The van der Waals surface area contributed by atoms with E-state index in [1.165, 1.54) is 0 Å². The molecule has 0 rings (SSSR count). The van der Waals surface area contributed by atoms with Crippen LogP contribution < -0.4 is 0 Å². The first kappa shape index (κ1) is 11.9. The van der Waals surface area contributed by atoms with Crippen LogP contribution in [0.15, 0.2) is 0 Å². The Morgan fingerprint density at radius 1 is 0.923 bits per heavy atom. The molecule has 0 aliphatic heterocycles. The first-order valence-corrected chi connectivity index (χ1v) is 7.25. The molecule has 0 N–H and O–H groups in total. The SMILES string of the molecule is CCC#CO[Si](C)(C)OC#CCC. The summed E-state index contributed by atoms with van der Waals surface area (Å²) in [7, 11) is -2.13. The summed E-state index contributed by atoms with van der Waals surface area (Å²) in [6, 6.07) is 0. The van der Waals surface area contributed by atoms with Gasteiger partial charge in [0.1, 0.15) is 0 Å². The van der Waals surface area contributed by atoms with Crippen molar-refractivity contribution in [3.05, 3.63) is 0 Å². The van der Waals surface area contributed by atoms with Gasteiger partial charge in [0.05, 0.1) is 12.2 Å². The normalized spacial score (nSPS) is 8.92. The lowest BCUT2D eigenvalue weighted by molar-refractivity contribution is 0.354. The van der Waals surface area contributed by atoms with Crippen LogP contribution in [0, 0.1) is 24.1 Å². The Morgan fingerprint density at radius 3 is 1.62 bits per heavy atom. The molecular formula is C10H16O2Si. The van der Waals surface area contributed by atoms with Gasteiger partial charge in [-0.05, 0) is 0 Å². The highest BCUT2D eigenvalue weighted by atomic mass is 28.4. The van der Waals surface area contributed by atoms with Gasteiger partial charge in [0.2, 0.25) is 0 Å². The van der Waals surface area contributed by atoms with Crippen LogP contribution >= 0.6 is 0 Å². The standard InChI is InChI=1S/C10H16O2Si/c1-5-7-9-11-13(3,4)12-10-8-6-2/h5-6H2,1-4H3. The zero-order chi connectivity index (χ0) is 10.2. The van der Waals surface area contributed by atoms with Gasteiger partial charge in [-0.25, -0.2) is 0 Å². The molecule has 0 fully saturated rings. The van der Waals surface area contributed by atoms with Crippen molar-refractivity contribution in [2.75, 3.05) is 0 Å². The van der Waals surface area contributed by atoms with Crippen LogP contribution in [0.3, 0.4) is 0 Å². The maximum atomic E-state index is 5.27. The summed E-state index contributed by atoms with van der Waals surface area (Å²) in [4.78, 5) is 0. The third kappa shape index (κ3) is 7.30. The highest BCUT2D eigenvalue weighted by Crippen LogP contribution is 2.03. The molecule has 0 radical (unpaired) electrons. The van der Waals surface area contributed by atoms with E-state index in [4.69, 9.17) is 8.85 Å². The molecule has 13 heavy (non-hydrogen) atoms. The molecule has 0 aromatic rings. The summed E-state index contributed by atoms with van der Waals surface area (Å²) in [5.41, 5.74) is 0. The Balaban J connectivity index is 3.93. The van der Waals surface area contributed by atoms with Crippen LogP contribution in [0.5, 0.6) is 0 Å². The van der Waals surface area contributed by atoms with Crippen molar-refractivity contribution < 1.29 is 8.85 Å². The van der Waals surface area contributed by atoms with Gasteiger partial charge in [-0.2, -0.15) is 0 Å². The smallest absolute Gasteiger partial charge is 0.462 e. The molecule has 0 heterocycles. The maximum absolute atomic E-state index is 5.27. The third-order valence-electron chi connectivity index (χ3n) is 1.09. The second-order valence-corrected chi connectivity index (χ2v) is 6.08. The molecule has 0 atom stereocenters. The van der Waals surface area contributed by atoms with Crippen LogP contribution in [-0.2, 0) is 8.85 Å². The summed E-state index contributed by atoms with van der Waals surface area (Å²) < 4.78 is 10.5. The Hall–Kier alpha value is -1.06. The van der Waals surface area contributed by atoms with E-state index in [1.807, 2.05) is 26.9 Å². The molecule has 2 nitrogen and oxygen atoms in total. The van der Waals surface area contributed by atoms with Gasteiger partial charge in [-0.1, -0.05) is 25.7 Å². The van der Waals surface area contributed by atoms with Gasteiger partial charge < -0.3 is 8.85 Å². The Labute approximate surface area is 81.9 Å². The topological polar surface area (TPSA) is 18.5 Å². The monoisotopic (exact) mass is 196 g/mol. The minimum absolute atomic E-state index is 0.797. The van der Waals surface area contributed by atoms with Gasteiger partial charge in [-0.15, -0.1) is 0 Å². The average molecular weight is 196 g/mol. The van der Waals surface area contributed by atoms with Gasteiger partial charge in [0, 0.05) is 25.9 Å². The molecule has 0 aliphatic carbocycles. The van der Waals surface area contributed by atoms with Crippen LogP contribution in [0.1, 0.15) is 26.7 Å². The van der Waals surface area contributed by atoms with E-state index in [1.54, 1.807) is 0 Å². The maximum Gasteiger partial charge on any atom is 0.471 e. The number of hydrogen-bond acceptors (Lipinski definition) is 2. The quantitative estimate of drug-likeness (QED) is 0.499. The molecule has 0 amide bonds. The fraction of sp³-hybridized carbons (Fsp3) is 0.600. The molecule has 0 aliphatic rings. The lowest BCUT2D eigenvalue weighted by Gasteiger charge is -2.14. The lowest BCUT2D eigenvalue weighted by atomic mass is 10.5. The Bertz CT molecular complexity index is 224. The van der Waals surface area contributed by atoms with E-state index in [0.717, 1.165) is 12.8 Å². The van der Waals surface area contributed by atoms with Crippen LogP contribution in [0.2, 0.25) is 13.1 Å². The van der Waals surface area contributed by atoms with Gasteiger partial charge in [0.25, 0.3) is 0 Å². The minimum atomic E-state index is -2.13. The van der Waals surface area contributed by atoms with Crippen LogP contribution in [-0.4, -0.2) is 8.56 Å². The van der Waals surface area contributed by atoms with Crippen molar-refractivity contribution >= 4 is 8.56 Å². The molecule has 0 unspecified atom stereocenters. The highest BCUT2D eigenvalue weighted by molar-refractivity contribution is 6.65. The second-order valence-electron chi connectivity index (χ2n) is 2.87. The molecule has 0 spiro atoms. The fourth-order valence-corrected chi connectivity index (χ4v) is 1.16. The van der Waals surface area contributed by atoms with Crippen molar-refractivity contribution in [3.63, 3.8) is 0 Å². The minimum Gasteiger partial charge on any atom is -0.462 e. The number of hydrogen-bond donors (Lipinski definition) is 0. The summed E-state index contributed by atoms with van der Waals surface area (Å²) in [6.07, 6.45) is 6.84. The summed E-state index contributed by atoms with van der Waals surface area (Å²) >= 11 is 0. The molecule has 0 bridgehead atoms. The van der Waals surface area contributed by atoms with E-state index in [0.29, 0.717) is 0 Å². The van der Waals surface area contributed by atoms with Gasteiger partial charge in [-0.3, -0.25) is 0 Å². The van der Waals surface area contributed by atoms with Crippen molar-refractivity contribution in [2.45, 2.75) is 39.8 Å². The molecule has 72 valence electrons. The molecule has 3 heteroatoms. The molecular weight excluding hydrogens is 180 g/mol. The van der Waals surface area contributed by atoms with Crippen LogP contribution in [0.4, 0.5) is 0 Å². The predicted molar refractivity (Wildman–Crippen MR) is 55.8 cm³/mol. The summed E-state index contributed by atoms with van der Waals surface area (Å²) in [5, 5.41) is 0. The van der Waals surface area contributed by atoms with Gasteiger partial charge in [0.15, 0.2) is 0 Å². The first-order chi connectivity index (χ1) is 6.12. The van der Waals surface area contributed by atoms with Crippen molar-refractivity contribution in [1.82, 2.24) is 0 Å². The van der Waals surface area contributed by atoms with E-state index < -0.39 is 8.56 Å². The lowest BCUT2D eigenvalue weighted by Crippen LogP contribution is -2.30. The molecule has 0 aromatic heterocycles. The average Bonchev–Trinajstić information content (AvgIpc) is 2.05. The number of rotatable bonds is 2. The first-order valence-electron chi connectivity index (χ1n) is 4.44. The van der Waals surface area contributed by atoms with Crippen molar-refractivity contribution in [1.29, 1.82) is 0 Å². The Morgan fingerprint density at radius 2 is 1.31 bits per heavy atom. The zero-order valence-electron chi connectivity index (χ0n) is 8.73. The molecule has 0 aromatic carbocycles. The van der Waals surface area contributed by atoms with E-state index in [2.05, 4.69) is 24.1 Å². The molecule has 0 saturated heterocycles. The largest absolute Gasteiger partial charge is 0.471 e. The second kappa shape index (κ2) is 6.45. The van der Waals surface area contributed by atoms with Gasteiger partial charge >= 0.3 is 8.56 Å². The van der Waals surface area contributed by atoms with Crippen molar-refractivity contribution in [2.24, 2.45) is 0 Å². The van der Waals surface area contributed by atoms with Crippen molar-refractivity contribution in [3.8, 4) is 24.1 Å². The molecule has 0 saturated carbocycles. The van der Waals surface area contributed by atoms with Crippen LogP contribution in [0.25, 0.3) is 0 Å². The summed E-state index contributed by atoms with van der Waals surface area (Å²) in [5.74, 6) is 5.66. The van der Waals surface area contributed by atoms with E-state index in [9.17, 15) is 0 Å². The van der Waals surface area contributed by atoms with E-state index >= 15 is 0 Å². The highest BCUT2D eigenvalue weighted by Gasteiger charge is 2.26. The zero-order valence-corrected chi connectivity index (χ0v) is 9.73. The third-order valence-corrected chi connectivity index (χ3v) is 2.28. The fourth-order valence-electron chi connectivity index (χ4n) is 0.483. The van der Waals surface area contributed by atoms with E-state index in [-0.39, 0.29) is 0 Å². The predicted octanol–water partition coefficient (Wildman–Crippen LogP) is 2.46.